The second kappa shape index (κ2) is 9.19. The standard InChI is InChI=1S/C18H21N3O3S.2ClH/c1-10-9-13(11-5-7-19-8-6-11)24-17(23)15(10)16(22)21-18-20-12-3-2-4-14(12)25-18;;/h9,11,19H,2-8H2,1H3,(H,20,21,22);2*1H. The van der Waals surface area contributed by atoms with Gasteiger partial charge in [-0.05, 0) is 63.7 Å². The van der Waals surface area contributed by atoms with Gasteiger partial charge in [-0.15, -0.1) is 36.2 Å². The molecule has 6 nitrogen and oxygen atoms in total. The van der Waals surface area contributed by atoms with Gasteiger partial charge in [-0.3, -0.25) is 10.1 Å². The molecule has 27 heavy (non-hydrogen) atoms. The Balaban J connectivity index is 0.00000131. The monoisotopic (exact) mass is 431 g/mol. The molecular formula is C18H23Cl2N3O3S. The van der Waals surface area contributed by atoms with Crippen molar-refractivity contribution in [2.75, 3.05) is 18.4 Å². The molecule has 2 N–H and O–H groups in total. The third-order valence-corrected chi connectivity index (χ3v) is 6.03. The van der Waals surface area contributed by atoms with Crippen LogP contribution in [0, 0.1) is 6.92 Å². The van der Waals surface area contributed by atoms with E-state index in [-0.39, 0.29) is 36.3 Å². The van der Waals surface area contributed by atoms with E-state index in [9.17, 15) is 9.59 Å². The average Bonchev–Trinajstić information content (AvgIpc) is 3.16. The molecule has 1 saturated heterocycles. The van der Waals surface area contributed by atoms with Crippen molar-refractivity contribution >= 4 is 47.2 Å². The lowest BCUT2D eigenvalue weighted by Gasteiger charge is -2.21. The molecule has 0 radical (unpaired) electrons. The van der Waals surface area contributed by atoms with Gasteiger partial charge in [0.05, 0.1) is 5.69 Å². The molecule has 2 aliphatic rings. The largest absolute Gasteiger partial charge is 0.427 e. The van der Waals surface area contributed by atoms with Crippen molar-refractivity contribution in [2.45, 2.75) is 44.9 Å². The van der Waals surface area contributed by atoms with Gasteiger partial charge >= 0.3 is 5.63 Å². The SMILES string of the molecule is Cc1cc(C2CCNCC2)oc(=O)c1C(=O)Nc1nc2c(s1)CCC2.Cl.Cl. The van der Waals surface area contributed by atoms with E-state index >= 15 is 0 Å². The molecule has 0 atom stereocenters. The lowest BCUT2D eigenvalue weighted by Crippen LogP contribution is -2.28. The van der Waals surface area contributed by atoms with Crippen LogP contribution >= 0.6 is 36.2 Å². The highest BCUT2D eigenvalue weighted by molar-refractivity contribution is 7.16. The van der Waals surface area contributed by atoms with Crippen LogP contribution in [0.1, 0.15) is 57.4 Å². The molecular weight excluding hydrogens is 409 g/mol. The van der Waals surface area contributed by atoms with Crippen LogP contribution in [0.5, 0.6) is 0 Å². The number of hydrogen-bond acceptors (Lipinski definition) is 6. The van der Waals surface area contributed by atoms with E-state index < -0.39 is 11.5 Å². The summed E-state index contributed by atoms with van der Waals surface area (Å²) in [7, 11) is 0. The summed E-state index contributed by atoms with van der Waals surface area (Å²) in [5.41, 5.74) is 1.25. The zero-order valence-corrected chi connectivity index (χ0v) is 17.5. The van der Waals surface area contributed by atoms with Crippen molar-refractivity contribution in [1.82, 2.24) is 10.3 Å². The number of anilines is 1. The summed E-state index contributed by atoms with van der Waals surface area (Å²) in [6.45, 7) is 3.63. The number of carbonyl (C=O) groups excluding carboxylic acids is 1. The second-order valence-corrected chi connectivity index (χ2v) is 7.80. The van der Waals surface area contributed by atoms with E-state index in [0.717, 1.165) is 50.9 Å². The van der Waals surface area contributed by atoms with E-state index in [1.54, 1.807) is 6.92 Å². The van der Waals surface area contributed by atoms with Crippen LogP contribution in [-0.4, -0.2) is 24.0 Å². The maximum absolute atomic E-state index is 12.6. The molecule has 0 saturated carbocycles. The highest BCUT2D eigenvalue weighted by Crippen LogP contribution is 2.31. The predicted octanol–water partition coefficient (Wildman–Crippen LogP) is 3.46. The van der Waals surface area contributed by atoms with Gasteiger partial charge in [0.25, 0.3) is 5.91 Å². The normalized spacial score (nSPS) is 16.2. The summed E-state index contributed by atoms with van der Waals surface area (Å²) in [6, 6.07) is 1.84. The number of aryl methyl sites for hydroxylation is 3. The minimum atomic E-state index is -0.560. The van der Waals surface area contributed by atoms with Gasteiger partial charge in [0.15, 0.2) is 5.13 Å². The van der Waals surface area contributed by atoms with Crippen molar-refractivity contribution < 1.29 is 9.21 Å². The van der Waals surface area contributed by atoms with Crippen LogP contribution in [0.15, 0.2) is 15.3 Å². The first-order chi connectivity index (χ1) is 12.1. The maximum Gasteiger partial charge on any atom is 0.349 e. The Labute approximate surface area is 174 Å². The van der Waals surface area contributed by atoms with Crippen LogP contribution in [0.25, 0.3) is 0 Å². The number of aromatic nitrogens is 1. The summed E-state index contributed by atoms with van der Waals surface area (Å²) >= 11 is 1.50. The molecule has 1 aliphatic carbocycles. The summed E-state index contributed by atoms with van der Waals surface area (Å²) in [5.74, 6) is 0.496. The van der Waals surface area contributed by atoms with Gasteiger partial charge in [0.1, 0.15) is 11.3 Å². The van der Waals surface area contributed by atoms with Crippen LogP contribution in [-0.2, 0) is 12.8 Å². The Hall–Kier alpha value is -1.41. The number of amides is 1. The van der Waals surface area contributed by atoms with Crippen LogP contribution in [0.2, 0.25) is 0 Å². The molecule has 4 rings (SSSR count). The number of piperidine rings is 1. The number of hydrogen-bond donors (Lipinski definition) is 2. The molecule has 2 aromatic rings. The molecule has 1 aliphatic heterocycles. The molecule has 148 valence electrons. The predicted molar refractivity (Wildman–Crippen MR) is 111 cm³/mol. The molecule has 0 aromatic carbocycles. The van der Waals surface area contributed by atoms with E-state index in [1.165, 1.54) is 16.2 Å². The minimum absolute atomic E-state index is 0. The van der Waals surface area contributed by atoms with Gasteiger partial charge < -0.3 is 9.73 Å². The van der Waals surface area contributed by atoms with Crippen molar-refractivity contribution in [3.8, 4) is 0 Å². The molecule has 0 unspecified atom stereocenters. The van der Waals surface area contributed by atoms with Crippen molar-refractivity contribution in [3.63, 3.8) is 0 Å². The highest BCUT2D eigenvalue weighted by atomic mass is 35.5. The minimum Gasteiger partial charge on any atom is -0.427 e. The Morgan fingerprint density at radius 2 is 2.04 bits per heavy atom. The first-order valence-corrected chi connectivity index (χ1v) is 9.59. The first-order valence-electron chi connectivity index (χ1n) is 8.77. The fraction of sp³-hybridized carbons (Fsp3) is 0.500. The van der Waals surface area contributed by atoms with Crippen molar-refractivity contribution in [3.05, 3.63) is 43.9 Å². The summed E-state index contributed by atoms with van der Waals surface area (Å²) in [4.78, 5) is 30.7. The van der Waals surface area contributed by atoms with E-state index in [1.807, 2.05) is 6.07 Å². The third kappa shape index (κ3) is 4.54. The van der Waals surface area contributed by atoms with Crippen LogP contribution in [0.4, 0.5) is 5.13 Å². The second-order valence-electron chi connectivity index (χ2n) is 6.72. The Bertz CT molecular complexity index is 854. The Morgan fingerprint density at radius 1 is 1.30 bits per heavy atom. The number of nitrogens with one attached hydrogen (secondary N) is 2. The van der Waals surface area contributed by atoms with E-state index in [0.29, 0.717) is 16.5 Å². The zero-order valence-electron chi connectivity index (χ0n) is 15.0. The quantitative estimate of drug-likeness (QED) is 0.776. The molecule has 1 fully saturated rings. The summed E-state index contributed by atoms with van der Waals surface area (Å²) in [6.07, 6.45) is 5.00. The smallest absolute Gasteiger partial charge is 0.349 e. The third-order valence-electron chi connectivity index (χ3n) is 4.95. The van der Waals surface area contributed by atoms with Gasteiger partial charge in [-0.1, -0.05) is 0 Å². The Morgan fingerprint density at radius 3 is 2.70 bits per heavy atom. The van der Waals surface area contributed by atoms with Crippen LogP contribution in [0.3, 0.4) is 0 Å². The summed E-state index contributed by atoms with van der Waals surface area (Å²) < 4.78 is 5.49. The Kier molecular flexibility index (Phi) is 7.45. The van der Waals surface area contributed by atoms with Gasteiger partial charge in [-0.2, -0.15) is 0 Å². The maximum atomic E-state index is 12.6. The van der Waals surface area contributed by atoms with Crippen molar-refractivity contribution in [2.24, 2.45) is 0 Å². The van der Waals surface area contributed by atoms with Crippen molar-refractivity contribution in [1.29, 1.82) is 0 Å². The number of rotatable bonds is 3. The summed E-state index contributed by atoms with van der Waals surface area (Å²) in [5, 5.41) is 6.63. The number of halogens is 2. The number of nitrogens with zero attached hydrogens (tertiary/aromatic N) is 1. The molecule has 0 spiro atoms. The van der Waals surface area contributed by atoms with E-state index in [2.05, 4.69) is 15.6 Å². The topological polar surface area (TPSA) is 84.2 Å². The molecule has 3 heterocycles. The highest BCUT2D eigenvalue weighted by Gasteiger charge is 2.24. The van der Waals surface area contributed by atoms with E-state index in [4.69, 9.17) is 4.42 Å². The number of carbonyl (C=O) groups is 1. The molecule has 1 amide bonds. The molecule has 2 aromatic heterocycles. The fourth-order valence-corrected chi connectivity index (χ4v) is 4.66. The average molecular weight is 432 g/mol. The van der Waals surface area contributed by atoms with Gasteiger partial charge in [0, 0.05) is 10.8 Å². The molecule has 0 bridgehead atoms. The fourth-order valence-electron chi connectivity index (χ4n) is 3.62. The number of thiazole rings is 1. The lowest BCUT2D eigenvalue weighted by atomic mass is 9.94. The molecule has 9 heteroatoms. The zero-order chi connectivity index (χ0) is 17.4. The first kappa shape index (κ1) is 21.9. The van der Waals surface area contributed by atoms with Crippen LogP contribution < -0.4 is 16.3 Å². The lowest BCUT2D eigenvalue weighted by molar-refractivity contribution is 0.102. The van der Waals surface area contributed by atoms with Gasteiger partial charge in [0.2, 0.25) is 0 Å². The van der Waals surface area contributed by atoms with Gasteiger partial charge in [-0.25, -0.2) is 9.78 Å². The number of fused-ring (bicyclic) bond motifs is 1.